The number of hydrogen-bond donors (Lipinski definition) is 1. The van der Waals surface area contributed by atoms with E-state index in [4.69, 9.17) is 0 Å². The first-order valence-electron chi connectivity index (χ1n) is 9.09. The topological polar surface area (TPSA) is 40.5 Å². The van der Waals surface area contributed by atoms with E-state index in [1.807, 2.05) is 0 Å². The Labute approximate surface area is 136 Å². The normalized spacial score (nSPS) is 47.8. The van der Waals surface area contributed by atoms with Crippen molar-refractivity contribution in [1.82, 2.24) is 4.90 Å². The van der Waals surface area contributed by atoms with Gasteiger partial charge in [0.1, 0.15) is 0 Å². The quantitative estimate of drug-likeness (QED) is 0.845. The SMILES string of the molecule is CCC12CC3CC(O)(C1)CC(C(=O)N1CCC(F)(F)CC1)(C3)C2. The molecule has 1 amide bonds. The van der Waals surface area contributed by atoms with E-state index < -0.39 is 16.9 Å². The van der Waals surface area contributed by atoms with Gasteiger partial charge in [0.2, 0.25) is 5.91 Å². The largest absolute Gasteiger partial charge is 0.390 e. The van der Waals surface area contributed by atoms with Crippen molar-refractivity contribution in [2.75, 3.05) is 13.1 Å². The van der Waals surface area contributed by atoms with Crippen LogP contribution in [-0.2, 0) is 4.79 Å². The second-order valence-electron chi connectivity index (χ2n) is 9.02. The molecule has 5 aliphatic rings. The predicted octanol–water partition coefficient (Wildman–Crippen LogP) is 3.36. The van der Waals surface area contributed by atoms with Gasteiger partial charge < -0.3 is 10.0 Å². The summed E-state index contributed by atoms with van der Waals surface area (Å²) in [5.41, 5.74) is -1.11. The lowest BCUT2D eigenvalue weighted by atomic mass is 9.42. The van der Waals surface area contributed by atoms with E-state index in [1.54, 1.807) is 4.90 Å². The zero-order chi connectivity index (χ0) is 16.5. The molecule has 4 unspecified atom stereocenters. The lowest BCUT2D eigenvalue weighted by molar-refractivity contribution is -0.211. The number of halogens is 2. The summed E-state index contributed by atoms with van der Waals surface area (Å²) in [5.74, 6) is -2.15. The van der Waals surface area contributed by atoms with Gasteiger partial charge in [-0.1, -0.05) is 13.3 Å². The van der Waals surface area contributed by atoms with Gasteiger partial charge in [-0.05, 0) is 49.9 Å². The monoisotopic (exact) mass is 327 g/mol. The molecular formula is C18H27F2NO2. The molecule has 5 heteroatoms. The number of hydrogen-bond acceptors (Lipinski definition) is 2. The minimum absolute atomic E-state index is 0.0494. The molecule has 23 heavy (non-hydrogen) atoms. The Kier molecular flexibility index (Phi) is 3.21. The molecule has 3 nitrogen and oxygen atoms in total. The minimum Gasteiger partial charge on any atom is -0.390 e. The van der Waals surface area contributed by atoms with Crippen LogP contribution in [0.15, 0.2) is 0 Å². The van der Waals surface area contributed by atoms with Crippen LogP contribution in [0, 0.1) is 16.7 Å². The van der Waals surface area contributed by atoms with E-state index in [2.05, 4.69) is 6.92 Å². The smallest absolute Gasteiger partial charge is 0.251 e. The van der Waals surface area contributed by atoms with Gasteiger partial charge in [-0.3, -0.25) is 4.79 Å². The highest BCUT2D eigenvalue weighted by Crippen LogP contribution is 2.68. The summed E-state index contributed by atoms with van der Waals surface area (Å²) in [6, 6.07) is 0. The van der Waals surface area contributed by atoms with Gasteiger partial charge in [-0.15, -0.1) is 0 Å². The van der Waals surface area contributed by atoms with Crippen molar-refractivity contribution in [2.24, 2.45) is 16.7 Å². The third-order valence-corrected chi connectivity index (χ3v) is 7.14. The highest BCUT2D eigenvalue weighted by molar-refractivity contribution is 5.83. The van der Waals surface area contributed by atoms with E-state index in [-0.39, 0.29) is 37.3 Å². The molecule has 0 radical (unpaired) electrons. The maximum atomic E-state index is 13.4. The minimum atomic E-state index is -2.62. The Morgan fingerprint density at radius 3 is 2.43 bits per heavy atom. The Bertz CT molecular complexity index is 529. The van der Waals surface area contributed by atoms with E-state index in [1.165, 1.54) is 0 Å². The number of rotatable bonds is 2. The highest BCUT2D eigenvalue weighted by atomic mass is 19.3. The van der Waals surface area contributed by atoms with Crippen molar-refractivity contribution in [2.45, 2.75) is 76.2 Å². The van der Waals surface area contributed by atoms with Crippen LogP contribution >= 0.6 is 0 Å². The van der Waals surface area contributed by atoms with E-state index in [0.29, 0.717) is 12.3 Å². The fourth-order valence-corrected chi connectivity index (χ4v) is 6.59. The van der Waals surface area contributed by atoms with Crippen LogP contribution in [0.4, 0.5) is 8.78 Å². The molecule has 0 aromatic heterocycles. The first-order valence-corrected chi connectivity index (χ1v) is 9.09. The summed E-state index contributed by atoms with van der Waals surface area (Å²) in [5, 5.41) is 11.0. The van der Waals surface area contributed by atoms with Gasteiger partial charge in [0.05, 0.1) is 11.0 Å². The van der Waals surface area contributed by atoms with E-state index in [9.17, 15) is 18.7 Å². The Hall–Kier alpha value is -0.710. The van der Waals surface area contributed by atoms with Crippen molar-refractivity contribution >= 4 is 5.91 Å². The molecule has 4 bridgehead atoms. The second kappa shape index (κ2) is 4.68. The summed E-state index contributed by atoms with van der Waals surface area (Å²) in [6.45, 7) is 2.49. The van der Waals surface area contributed by atoms with Gasteiger partial charge in [-0.2, -0.15) is 0 Å². The van der Waals surface area contributed by atoms with Crippen LogP contribution in [0.2, 0.25) is 0 Å². The first-order chi connectivity index (χ1) is 10.7. The van der Waals surface area contributed by atoms with E-state index >= 15 is 0 Å². The molecule has 1 saturated heterocycles. The Morgan fingerprint density at radius 2 is 1.83 bits per heavy atom. The summed E-state index contributed by atoms with van der Waals surface area (Å²) in [6.07, 6.45) is 5.57. The van der Waals surface area contributed by atoms with Crippen LogP contribution in [0.5, 0.6) is 0 Å². The van der Waals surface area contributed by atoms with Crippen LogP contribution < -0.4 is 0 Å². The van der Waals surface area contributed by atoms with Gasteiger partial charge in [0, 0.05) is 25.9 Å². The van der Waals surface area contributed by atoms with Crippen molar-refractivity contribution in [3.05, 3.63) is 0 Å². The van der Waals surface area contributed by atoms with Gasteiger partial charge in [0.25, 0.3) is 5.92 Å². The summed E-state index contributed by atoms with van der Waals surface area (Å²) < 4.78 is 26.8. The lowest BCUT2D eigenvalue weighted by Crippen LogP contribution is -2.64. The molecule has 0 spiro atoms. The molecule has 0 aromatic rings. The maximum Gasteiger partial charge on any atom is 0.251 e. The molecule has 4 aliphatic carbocycles. The molecule has 4 saturated carbocycles. The number of nitrogens with zero attached hydrogens (tertiary/aromatic N) is 1. The van der Waals surface area contributed by atoms with Crippen LogP contribution in [0.3, 0.4) is 0 Å². The number of amides is 1. The molecular weight excluding hydrogens is 300 g/mol. The Morgan fingerprint density at radius 1 is 1.13 bits per heavy atom. The number of aliphatic hydroxyl groups is 1. The summed E-state index contributed by atoms with van der Waals surface area (Å²) in [7, 11) is 0. The molecule has 1 heterocycles. The van der Waals surface area contributed by atoms with Crippen molar-refractivity contribution in [1.29, 1.82) is 0 Å². The molecule has 5 rings (SSSR count). The van der Waals surface area contributed by atoms with Crippen LogP contribution in [0.25, 0.3) is 0 Å². The zero-order valence-electron chi connectivity index (χ0n) is 13.9. The maximum absolute atomic E-state index is 13.4. The number of carbonyl (C=O) groups excluding carboxylic acids is 1. The highest BCUT2D eigenvalue weighted by Gasteiger charge is 2.65. The first kappa shape index (κ1) is 15.8. The predicted molar refractivity (Wildman–Crippen MR) is 82.1 cm³/mol. The summed E-state index contributed by atoms with van der Waals surface area (Å²) in [4.78, 5) is 14.9. The molecule has 4 atom stereocenters. The number of piperidine rings is 1. The molecule has 5 fully saturated rings. The third kappa shape index (κ3) is 2.41. The molecule has 1 N–H and O–H groups in total. The third-order valence-electron chi connectivity index (χ3n) is 7.14. The molecule has 0 aromatic carbocycles. The van der Waals surface area contributed by atoms with Gasteiger partial charge in [0.15, 0.2) is 0 Å². The average molecular weight is 327 g/mol. The number of carbonyl (C=O) groups is 1. The molecule has 130 valence electrons. The van der Waals surface area contributed by atoms with Crippen LogP contribution in [0.1, 0.15) is 64.7 Å². The Balaban J connectivity index is 1.59. The molecule has 1 aliphatic heterocycles. The van der Waals surface area contributed by atoms with Crippen LogP contribution in [-0.4, -0.2) is 40.5 Å². The second-order valence-corrected chi connectivity index (χ2v) is 9.02. The summed E-state index contributed by atoms with van der Waals surface area (Å²) >= 11 is 0. The fraction of sp³-hybridized carbons (Fsp3) is 0.944. The van der Waals surface area contributed by atoms with Crippen molar-refractivity contribution in [3.63, 3.8) is 0 Å². The van der Waals surface area contributed by atoms with Crippen molar-refractivity contribution in [3.8, 4) is 0 Å². The lowest BCUT2D eigenvalue weighted by Gasteiger charge is -2.65. The zero-order valence-corrected chi connectivity index (χ0v) is 13.9. The number of alkyl halides is 2. The average Bonchev–Trinajstić information content (AvgIpc) is 2.44. The van der Waals surface area contributed by atoms with Crippen molar-refractivity contribution < 1.29 is 18.7 Å². The number of likely N-dealkylation sites (tertiary alicyclic amines) is 1. The van der Waals surface area contributed by atoms with Gasteiger partial charge in [-0.25, -0.2) is 8.78 Å². The fourth-order valence-electron chi connectivity index (χ4n) is 6.59. The standard InChI is InChI=1S/C18H27F2NO2/c1-2-15-7-13-8-16(10-15,12-17(23,9-13)11-15)14(22)21-5-3-18(19,20)4-6-21/h13,23H,2-12H2,1H3. The van der Waals surface area contributed by atoms with E-state index in [0.717, 1.165) is 38.5 Å². The van der Waals surface area contributed by atoms with Gasteiger partial charge >= 0.3 is 0 Å².